The first-order valence-corrected chi connectivity index (χ1v) is 6.42. The van der Waals surface area contributed by atoms with Crippen LogP contribution in [0.15, 0.2) is 29.2 Å². The van der Waals surface area contributed by atoms with Crippen LogP contribution in [0.4, 0.5) is 0 Å². The van der Waals surface area contributed by atoms with Gasteiger partial charge < -0.3 is 5.73 Å². The van der Waals surface area contributed by atoms with Gasteiger partial charge in [0.25, 0.3) is 0 Å². The van der Waals surface area contributed by atoms with Crippen LogP contribution in [0, 0.1) is 0 Å². The minimum atomic E-state index is 0.429. The van der Waals surface area contributed by atoms with Gasteiger partial charge in [-0.15, -0.1) is 11.8 Å². The molecular weight excluding hydrogens is 204 g/mol. The Kier molecular flexibility index (Phi) is 2.47. The molecule has 1 fully saturated rings. The lowest BCUT2D eigenvalue weighted by Gasteiger charge is -2.38. The highest BCUT2D eigenvalue weighted by atomic mass is 32.2. The zero-order valence-corrected chi connectivity index (χ0v) is 9.54. The van der Waals surface area contributed by atoms with Gasteiger partial charge in [-0.05, 0) is 18.1 Å². The third-order valence-electron chi connectivity index (χ3n) is 3.16. The fourth-order valence-electron chi connectivity index (χ4n) is 2.40. The molecule has 2 nitrogen and oxygen atoms in total. The molecule has 3 rings (SSSR count). The first-order chi connectivity index (χ1) is 7.31. The van der Waals surface area contributed by atoms with Gasteiger partial charge in [0.1, 0.15) is 0 Å². The fourth-order valence-corrected chi connectivity index (χ4v) is 3.77. The Hall–Kier alpha value is -0.510. The van der Waals surface area contributed by atoms with Gasteiger partial charge in [0.15, 0.2) is 0 Å². The maximum atomic E-state index is 5.78. The number of nitrogens with zero attached hydrogens (tertiary/aromatic N) is 1. The molecule has 1 saturated heterocycles. The molecule has 0 aliphatic carbocycles. The normalized spacial score (nSPS) is 26.3. The Balaban J connectivity index is 1.59. The molecule has 1 aromatic rings. The number of benzene rings is 1. The monoisotopic (exact) mass is 220 g/mol. The van der Waals surface area contributed by atoms with Gasteiger partial charge in [0, 0.05) is 35.8 Å². The minimum absolute atomic E-state index is 0.429. The number of hydrogen-bond acceptors (Lipinski definition) is 3. The van der Waals surface area contributed by atoms with E-state index in [0.29, 0.717) is 6.04 Å². The Labute approximate surface area is 94.8 Å². The summed E-state index contributed by atoms with van der Waals surface area (Å²) in [4.78, 5) is 3.95. The highest BCUT2D eigenvalue weighted by molar-refractivity contribution is 8.00. The average molecular weight is 220 g/mol. The molecule has 15 heavy (non-hydrogen) atoms. The lowest BCUT2D eigenvalue weighted by atomic mass is 10.1. The van der Waals surface area contributed by atoms with Crippen molar-refractivity contribution in [2.45, 2.75) is 22.6 Å². The van der Waals surface area contributed by atoms with Crippen LogP contribution in [-0.2, 0) is 6.42 Å². The molecule has 2 aliphatic heterocycles. The summed E-state index contributed by atoms with van der Waals surface area (Å²) in [5, 5.41) is 0.745. The molecule has 0 saturated carbocycles. The van der Waals surface area contributed by atoms with E-state index in [0.717, 1.165) is 18.3 Å². The van der Waals surface area contributed by atoms with E-state index in [1.165, 1.54) is 23.4 Å². The van der Waals surface area contributed by atoms with Crippen LogP contribution in [0.3, 0.4) is 0 Å². The molecule has 0 bridgehead atoms. The van der Waals surface area contributed by atoms with Crippen LogP contribution in [-0.4, -0.2) is 35.8 Å². The Morgan fingerprint density at radius 1 is 1.33 bits per heavy atom. The second-order valence-electron chi connectivity index (χ2n) is 4.53. The number of hydrogen-bond donors (Lipinski definition) is 1. The summed E-state index contributed by atoms with van der Waals surface area (Å²) in [7, 11) is 0. The van der Waals surface area contributed by atoms with Gasteiger partial charge >= 0.3 is 0 Å². The van der Waals surface area contributed by atoms with Crippen LogP contribution in [0.5, 0.6) is 0 Å². The van der Waals surface area contributed by atoms with E-state index in [1.807, 2.05) is 11.8 Å². The summed E-state index contributed by atoms with van der Waals surface area (Å²) in [5.41, 5.74) is 7.30. The van der Waals surface area contributed by atoms with Gasteiger partial charge in [0.05, 0.1) is 0 Å². The zero-order valence-electron chi connectivity index (χ0n) is 8.73. The quantitative estimate of drug-likeness (QED) is 0.815. The summed E-state index contributed by atoms with van der Waals surface area (Å²) < 4.78 is 0. The summed E-state index contributed by atoms with van der Waals surface area (Å²) in [6.45, 7) is 3.38. The second kappa shape index (κ2) is 3.81. The zero-order chi connectivity index (χ0) is 10.3. The summed E-state index contributed by atoms with van der Waals surface area (Å²) >= 11 is 2.03. The van der Waals surface area contributed by atoms with Gasteiger partial charge in [-0.1, -0.05) is 18.2 Å². The predicted octanol–water partition coefficient (Wildman–Crippen LogP) is 1.35. The number of likely N-dealkylation sites (tertiary alicyclic amines) is 1. The van der Waals surface area contributed by atoms with Gasteiger partial charge in [-0.3, -0.25) is 4.90 Å². The van der Waals surface area contributed by atoms with Crippen LogP contribution in [0.25, 0.3) is 0 Å². The molecule has 0 aromatic heterocycles. The second-order valence-corrected chi connectivity index (χ2v) is 5.87. The van der Waals surface area contributed by atoms with Gasteiger partial charge in [-0.2, -0.15) is 0 Å². The molecule has 2 aliphatic rings. The third-order valence-corrected chi connectivity index (χ3v) is 4.46. The number of thioether (sulfide) groups is 1. The Morgan fingerprint density at radius 2 is 2.13 bits per heavy atom. The lowest BCUT2D eigenvalue weighted by Crippen LogP contribution is -2.57. The van der Waals surface area contributed by atoms with Crippen LogP contribution in [0.2, 0.25) is 0 Å². The third kappa shape index (κ3) is 1.92. The highest BCUT2D eigenvalue weighted by Gasteiger charge is 2.29. The van der Waals surface area contributed by atoms with Gasteiger partial charge in [-0.25, -0.2) is 0 Å². The van der Waals surface area contributed by atoms with E-state index >= 15 is 0 Å². The molecule has 3 heteroatoms. The smallest absolute Gasteiger partial charge is 0.0297 e. The molecular formula is C12H16N2S. The number of nitrogens with two attached hydrogens (primary N) is 1. The van der Waals surface area contributed by atoms with E-state index in [1.54, 1.807) is 0 Å². The Bertz CT molecular complexity index is 335. The molecule has 0 radical (unpaired) electrons. The number of rotatable bonds is 2. The molecule has 2 N–H and O–H groups in total. The SMILES string of the molecule is NC1CN(CC2Cc3ccccc3S2)C1. The van der Waals surface area contributed by atoms with E-state index in [-0.39, 0.29) is 0 Å². The van der Waals surface area contributed by atoms with Crippen molar-refractivity contribution >= 4 is 11.8 Å². The standard InChI is InChI=1S/C12H16N2S/c13-10-6-14(7-10)8-11-5-9-3-1-2-4-12(9)15-11/h1-4,10-11H,5-8,13H2. The summed E-state index contributed by atoms with van der Waals surface area (Å²) in [6.07, 6.45) is 1.23. The van der Waals surface area contributed by atoms with Crippen molar-refractivity contribution in [1.29, 1.82) is 0 Å². The first kappa shape index (κ1) is 9.70. The minimum Gasteiger partial charge on any atom is -0.325 e. The van der Waals surface area contributed by atoms with E-state index in [2.05, 4.69) is 29.2 Å². The highest BCUT2D eigenvalue weighted by Crippen LogP contribution is 2.37. The van der Waals surface area contributed by atoms with Crippen LogP contribution >= 0.6 is 11.8 Å². The first-order valence-electron chi connectivity index (χ1n) is 5.54. The molecule has 0 amide bonds. The van der Waals surface area contributed by atoms with E-state index in [9.17, 15) is 0 Å². The molecule has 80 valence electrons. The van der Waals surface area contributed by atoms with Crippen molar-refractivity contribution < 1.29 is 0 Å². The van der Waals surface area contributed by atoms with Gasteiger partial charge in [0.2, 0.25) is 0 Å². The molecule has 0 spiro atoms. The van der Waals surface area contributed by atoms with Crippen molar-refractivity contribution in [2.24, 2.45) is 5.73 Å². The van der Waals surface area contributed by atoms with Crippen molar-refractivity contribution in [3.63, 3.8) is 0 Å². The summed E-state index contributed by atoms with van der Waals surface area (Å²) in [5.74, 6) is 0. The van der Waals surface area contributed by atoms with Crippen molar-refractivity contribution in [2.75, 3.05) is 19.6 Å². The van der Waals surface area contributed by atoms with E-state index < -0.39 is 0 Å². The topological polar surface area (TPSA) is 29.3 Å². The summed E-state index contributed by atoms with van der Waals surface area (Å²) in [6, 6.07) is 9.19. The lowest BCUT2D eigenvalue weighted by molar-refractivity contribution is 0.152. The largest absolute Gasteiger partial charge is 0.325 e. The maximum Gasteiger partial charge on any atom is 0.0297 e. The Morgan fingerprint density at radius 3 is 2.87 bits per heavy atom. The fraction of sp³-hybridized carbons (Fsp3) is 0.500. The maximum absolute atomic E-state index is 5.78. The van der Waals surface area contributed by atoms with Crippen molar-refractivity contribution in [3.8, 4) is 0 Å². The number of fused-ring (bicyclic) bond motifs is 1. The van der Waals surface area contributed by atoms with Crippen LogP contribution in [0.1, 0.15) is 5.56 Å². The molecule has 1 aromatic carbocycles. The van der Waals surface area contributed by atoms with Crippen molar-refractivity contribution in [3.05, 3.63) is 29.8 Å². The average Bonchev–Trinajstić information content (AvgIpc) is 2.57. The molecule has 1 unspecified atom stereocenters. The van der Waals surface area contributed by atoms with Crippen LogP contribution < -0.4 is 5.73 Å². The molecule has 1 atom stereocenters. The molecule has 2 heterocycles. The van der Waals surface area contributed by atoms with Crippen molar-refractivity contribution in [1.82, 2.24) is 4.90 Å². The predicted molar refractivity (Wildman–Crippen MR) is 64.2 cm³/mol. The van der Waals surface area contributed by atoms with E-state index in [4.69, 9.17) is 5.73 Å².